The molecule has 0 fully saturated rings. The van der Waals surface area contributed by atoms with Crippen molar-refractivity contribution < 1.29 is 14.3 Å². The van der Waals surface area contributed by atoms with Crippen LogP contribution in [0.1, 0.15) is 22.8 Å². The van der Waals surface area contributed by atoms with Crippen molar-refractivity contribution in [3.05, 3.63) is 71.9 Å². The molecule has 1 amide bonds. The first kappa shape index (κ1) is 17.4. The summed E-state index contributed by atoms with van der Waals surface area (Å²) < 4.78 is 5.20. The molecular formula is C21H18N2O3. The Morgan fingerprint density at radius 1 is 1.12 bits per heavy atom. The maximum absolute atomic E-state index is 12.5. The van der Waals surface area contributed by atoms with Gasteiger partial charge in [0.2, 0.25) is 5.91 Å². The van der Waals surface area contributed by atoms with Crippen LogP contribution >= 0.6 is 0 Å². The zero-order valence-corrected chi connectivity index (χ0v) is 14.5. The van der Waals surface area contributed by atoms with Crippen LogP contribution < -0.4 is 10.1 Å². The monoisotopic (exact) mass is 346 g/mol. The molecule has 0 aliphatic heterocycles. The number of benzene rings is 2. The van der Waals surface area contributed by atoms with Crippen molar-refractivity contribution in [2.75, 3.05) is 12.4 Å². The van der Waals surface area contributed by atoms with Gasteiger partial charge in [0, 0.05) is 24.1 Å². The first-order valence-corrected chi connectivity index (χ1v) is 8.09. The molecule has 0 aliphatic carbocycles. The van der Waals surface area contributed by atoms with Crippen LogP contribution in [0, 0.1) is 0 Å². The Morgan fingerprint density at radius 2 is 1.96 bits per heavy atom. The van der Waals surface area contributed by atoms with E-state index in [1.807, 2.05) is 30.3 Å². The van der Waals surface area contributed by atoms with Gasteiger partial charge >= 0.3 is 0 Å². The molecule has 0 atom stereocenters. The second kappa shape index (κ2) is 7.61. The molecule has 1 aromatic heterocycles. The number of amides is 1. The van der Waals surface area contributed by atoms with E-state index >= 15 is 0 Å². The maximum Gasteiger partial charge on any atom is 0.221 e. The molecule has 0 aliphatic rings. The van der Waals surface area contributed by atoms with Gasteiger partial charge in [-0.1, -0.05) is 18.2 Å². The molecule has 0 bridgehead atoms. The van der Waals surface area contributed by atoms with Crippen molar-refractivity contribution in [3.8, 4) is 5.75 Å². The maximum atomic E-state index is 12.5. The minimum absolute atomic E-state index is 0.162. The van der Waals surface area contributed by atoms with Crippen molar-refractivity contribution in [2.45, 2.75) is 6.92 Å². The van der Waals surface area contributed by atoms with Crippen molar-refractivity contribution in [1.29, 1.82) is 0 Å². The van der Waals surface area contributed by atoms with Crippen molar-refractivity contribution in [3.63, 3.8) is 0 Å². The van der Waals surface area contributed by atoms with Crippen molar-refractivity contribution in [2.24, 2.45) is 0 Å². The summed E-state index contributed by atoms with van der Waals surface area (Å²) in [4.78, 5) is 28.1. The number of hydrogen-bond acceptors (Lipinski definition) is 4. The Balaban J connectivity index is 1.84. The fourth-order valence-corrected chi connectivity index (χ4v) is 2.61. The summed E-state index contributed by atoms with van der Waals surface area (Å²) in [6.45, 7) is 1.41. The quantitative estimate of drug-likeness (QED) is 0.558. The highest BCUT2D eigenvalue weighted by atomic mass is 16.5. The van der Waals surface area contributed by atoms with Crippen LogP contribution in [0.5, 0.6) is 5.75 Å². The van der Waals surface area contributed by atoms with Crippen LogP contribution in [0.15, 0.2) is 60.8 Å². The summed E-state index contributed by atoms with van der Waals surface area (Å²) in [6, 6.07) is 14.6. The third-order valence-electron chi connectivity index (χ3n) is 3.85. The fraction of sp³-hybridized carbons (Fsp3) is 0.0952. The lowest BCUT2D eigenvalue weighted by Crippen LogP contribution is -2.08. The summed E-state index contributed by atoms with van der Waals surface area (Å²) in [7, 11) is 1.51. The van der Waals surface area contributed by atoms with Gasteiger partial charge in [0.15, 0.2) is 5.78 Å². The molecule has 1 heterocycles. The van der Waals surface area contributed by atoms with Crippen LogP contribution in [-0.2, 0) is 4.79 Å². The Bertz CT molecular complexity index is 1010. The van der Waals surface area contributed by atoms with Gasteiger partial charge in [0.25, 0.3) is 0 Å². The molecule has 0 unspecified atom stereocenters. The van der Waals surface area contributed by atoms with Crippen LogP contribution in [0.4, 0.5) is 5.69 Å². The highest BCUT2D eigenvalue weighted by molar-refractivity contribution is 6.08. The molecular weight excluding hydrogens is 328 g/mol. The summed E-state index contributed by atoms with van der Waals surface area (Å²) in [5.41, 5.74) is 2.75. The number of rotatable bonds is 5. The van der Waals surface area contributed by atoms with Gasteiger partial charge in [-0.25, -0.2) is 0 Å². The van der Waals surface area contributed by atoms with Crippen molar-refractivity contribution in [1.82, 2.24) is 4.98 Å². The molecule has 0 saturated carbocycles. The molecule has 3 aromatic rings. The Labute approximate surface area is 151 Å². The average molecular weight is 346 g/mol. The Morgan fingerprint density at radius 3 is 2.73 bits per heavy atom. The van der Waals surface area contributed by atoms with E-state index in [1.54, 1.807) is 30.5 Å². The van der Waals surface area contributed by atoms with E-state index in [2.05, 4.69) is 10.3 Å². The number of fused-ring (bicyclic) bond motifs is 1. The Kier molecular flexibility index (Phi) is 5.08. The number of allylic oxidation sites excluding steroid dienone is 1. The molecule has 130 valence electrons. The number of hydrogen-bond donors (Lipinski definition) is 1. The SMILES string of the molecule is COc1ccc(C(=O)C=Cc2ccc3ncccc3c2)cc1NC(C)=O. The van der Waals surface area contributed by atoms with E-state index in [9.17, 15) is 9.59 Å². The molecule has 0 radical (unpaired) electrons. The molecule has 5 heteroatoms. The minimum Gasteiger partial charge on any atom is -0.495 e. The number of nitrogens with zero attached hydrogens (tertiary/aromatic N) is 1. The lowest BCUT2D eigenvalue weighted by Gasteiger charge is -2.09. The molecule has 0 spiro atoms. The first-order valence-electron chi connectivity index (χ1n) is 8.09. The smallest absolute Gasteiger partial charge is 0.221 e. The second-order valence-corrected chi connectivity index (χ2v) is 5.75. The number of aromatic nitrogens is 1. The van der Waals surface area contributed by atoms with E-state index in [4.69, 9.17) is 4.74 Å². The molecule has 1 N–H and O–H groups in total. The predicted molar refractivity (Wildman–Crippen MR) is 102 cm³/mol. The van der Waals surface area contributed by atoms with E-state index < -0.39 is 0 Å². The third-order valence-corrected chi connectivity index (χ3v) is 3.85. The number of anilines is 1. The summed E-state index contributed by atoms with van der Waals surface area (Å²) in [6.07, 6.45) is 5.02. The van der Waals surface area contributed by atoms with E-state index in [0.717, 1.165) is 16.5 Å². The highest BCUT2D eigenvalue weighted by Gasteiger charge is 2.09. The second-order valence-electron chi connectivity index (χ2n) is 5.75. The summed E-state index contributed by atoms with van der Waals surface area (Å²) >= 11 is 0. The fourth-order valence-electron chi connectivity index (χ4n) is 2.61. The highest BCUT2D eigenvalue weighted by Crippen LogP contribution is 2.26. The number of pyridine rings is 1. The lowest BCUT2D eigenvalue weighted by molar-refractivity contribution is -0.114. The number of ether oxygens (including phenoxy) is 1. The molecule has 3 rings (SSSR count). The average Bonchev–Trinajstić information content (AvgIpc) is 2.65. The summed E-state index contributed by atoms with van der Waals surface area (Å²) in [5.74, 6) is 0.113. The van der Waals surface area contributed by atoms with Gasteiger partial charge in [-0.3, -0.25) is 14.6 Å². The number of ketones is 1. The van der Waals surface area contributed by atoms with E-state index in [1.165, 1.54) is 20.1 Å². The number of carbonyl (C=O) groups is 2. The van der Waals surface area contributed by atoms with Gasteiger partial charge in [0.05, 0.1) is 18.3 Å². The van der Waals surface area contributed by atoms with Gasteiger partial charge in [-0.05, 0) is 48.0 Å². The zero-order chi connectivity index (χ0) is 18.5. The zero-order valence-electron chi connectivity index (χ0n) is 14.5. The molecule has 5 nitrogen and oxygen atoms in total. The Hall–Kier alpha value is -3.47. The van der Waals surface area contributed by atoms with Gasteiger partial charge in [0.1, 0.15) is 5.75 Å². The predicted octanol–water partition coefficient (Wildman–Crippen LogP) is 4.10. The van der Waals surface area contributed by atoms with Crippen molar-refractivity contribution >= 4 is 34.4 Å². The number of nitrogens with one attached hydrogen (secondary N) is 1. The van der Waals surface area contributed by atoms with Crippen LogP contribution in [0.25, 0.3) is 17.0 Å². The van der Waals surface area contributed by atoms with E-state index in [0.29, 0.717) is 17.0 Å². The van der Waals surface area contributed by atoms with Crippen LogP contribution in [-0.4, -0.2) is 23.8 Å². The molecule has 26 heavy (non-hydrogen) atoms. The minimum atomic E-state index is -0.229. The standard InChI is InChI=1S/C21H18N2O3/c1-14(24)23-19-13-17(7-10-21(19)26-2)20(25)9-6-15-5-8-18-16(12-15)4-3-11-22-18/h3-13H,1-2H3,(H,23,24). The van der Waals surface area contributed by atoms with Crippen LogP contribution in [0.3, 0.4) is 0 Å². The number of carbonyl (C=O) groups excluding carboxylic acids is 2. The lowest BCUT2D eigenvalue weighted by atomic mass is 10.1. The van der Waals surface area contributed by atoms with Gasteiger partial charge in [-0.2, -0.15) is 0 Å². The normalized spacial score (nSPS) is 10.8. The summed E-state index contributed by atoms with van der Waals surface area (Å²) in [5, 5.41) is 3.68. The molecule has 0 saturated heterocycles. The van der Waals surface area contributed by atoms with E-state index in [-0.39, 0.29) is 11.7 Å². The van der Waals surface area contributed by atoms with Crippen LogP contribution in [0.2, 0.25) is 0 Å². The molecule has 2 aromatic carbocycles. The first-order chi connectivity index (χ1) is 12.6. The largest absolute Gasteiger partial charge is 0.495 e. The van der Waals surface area contributed by atoms with Gasteiger partial charge in [-0.15, -0.1) is 0 Å². The van der Waals surface area contributed by atoms with Gasteiger partial charge < -0.3 is 10.1 Å². The number of methoxy groups -OCH3 is 1. The third kappa shape index (κ3) is 3.95. The topological polar surface area (TPSA) is 68.3 Å².